The molecule has 1 atom stereocenters. The molecule has 13 heavy (non-hydrogen) atoms. The summed E-state index contributed by atoms with van der Waals surface area (Å²) in [6, 6.07) is 2.37. The van der Waals surface area contributed by atoms with Crippen molar-refractivity contribution in [3.63, 3.8) is 0 Å². The molecule has 4 nitrogen and oxygen atoms in total. The molecule has 1 aliphatic heterocycles. The fraction of sp³-hybridized carbons (Fsp3) is 0.667. The monoisotopic (exact) mass is 181 g/mol. The van der Waals surface area contributed by atoms with Gasteiger partial charge in [-0.05, 0) is 25.5 Å². The summed E-state index contributed by atoms with van der Waals surface area (Å²) in [5, 5.41) is 16.7. The molecule has 1 aromatic rings. The molecule has 0 spiro atoms. The number of rotatable bonds is 2. The molecule has 0 aliphatic carbocycles. The largest absolute Gasteiger partial charge is 0.390 e. The molecular formula is C9H15N3O. The molecule has 1 saturated heterocycles. The third kappa shape index (κ3) is 1.59. The average Bonchev–Trinajstić information content (AvgIpc) is 2.71. The van der Waals surface area contributed by atoms with E-state index in [1.165, 1.54) is 6.42 Å². The summed E-state index contributed by atoms with van der Waals surface area (Å²) < 4.78 is 1.75. The maximum absolute atomic E-state index is 8.99. The number of hydrogen-bond donors (Lipinski definition) is 2. The van der Waals surface area contributed by atoms with Crippen molar-refractivity contribution >= 4 is 0 Å². The van der Waals surface area contributed by atoms with Gasteiger partial charge in [-0.25, -0.2) is 0 Å². The Bertz CT molecular complexity index is 289. The van der Waals surface area contributed by atoms with E-state index in [0.29, 0.717) is 6.04 Å². The van der Waals surface area contributed by atoms with Crippen LogP contribution in [-0.2, 0) is 13.7 Å². The zero-order valence-corrected chi connectivity index (χ0v) is 7.82. The summed E-state index contributed by atoms with van der Waals surface area (Å²) in [6.45, 7) is 1.14. The van der Waals surface area contributed by atoms with Gasteiger partial charge in [-0.15, -0.1) is 0 Å². The summed E-state index contributed by atoms with van der Waals surface area (Å²) >= 11 is 0. The Morgan fingerprint density at radius 2 is 2.62 bits per heavy atom. The van der Waals surface area contributed by atoms with Crippen LogP contribution in [0.15, 0.2) is 6.07 Å². The van der Waals surface area contributed by atoms with Crippen LogP contribution >= 0.6 is 0 Å². The van der Waals surface area contributed by atoms with Crippen molar-refractivity contribution in [1.29, 1.82) is 0 Å². The zero-order chi connectivity index (χ0) is 9.26. The number of aryl methyl sites for hydroxylation is 1. The predicted molar refractivity (Wildman–Crippen MR) is 49.1 cm³/mol. The summed E-state index contributed by atoms with van der Waals surface area (Å²) in [5.74, 6) is 0. The second kappa shape index (κ2) is 3.47. The Morgan fingerprint density at radius 3 is 3.15 bits per heavy atom. The highest BCUT2D eigenvalue weighted by Crippen LogP contribution is 2.22. The Balaban J connectivity index is 2.20. The standard InChI is InChI=1S/C9H15N3O/c1-12-7(6-13)5-9(11-12)8-3-2-4-10-8/h5,8,10,13H,2-4,6H2,1H3. The van der Waals surface area contributed by atoms with Crippen molar-refractivity contribution in [2.45, 2.75) is 25.5 Å². The highest BCUT2D eigenvalue weighted by atomic mass is 16.3. The van der Waals surface area contributed by atoms with Crippen LogP contribution in [0.25, 0.3) is 0 Å². The van der Waals surface area contributed by atoms with E-state index in [-0.39, 0.29) is 6.61 Å². The SMILES string of the molecule is Cn1nc(C2CCCN2)cc1CO. The normalized spacial score (nSPS) is 22.5. The van der Waals surface area contributed by atoms with E-state index in [2.05, 4.69) is 10.4 Å². The second-order valence-electron chi connectivity index (χ2n) is 3.49. The van der Waals surface area contributed by atoms with Gasteiger partial charge in [0.2, 0.25) is 0 Å². The molecule has 2 N–H and O–H groups in total. The third-order valence-corrected chi connectivity index (χ3v) is 2.57. The van der Waals surface area contributed by atoms with E-state index < -0.39 is 0 Å². The van der Waals surface area contributed by atoms with Gasteiger partial charge >= 0.3 is 0 Å². The first-order valence-electron chi connectivity index (χ1n) is 4.68. The van der Waals surface area contributed by atoms with Crippen LogP contribution in [0.5, 0.6) is 0 Å². The number of aliphatic hydroxyl groups is 1. The average molecular weight is 181 g/mol. The highest BCUT2D eigenvalue weighted by molar-refractivity contribution is 5.14. The molecule has 0 aromatic carbocycles. The predicted octanol–water partition coefficient (Wildman–Crippen LogP) is 0.337. The van der Waals surface area contributed by atoms with Gasteiger partial charge in [0.15, 0.2) is 0 Å². The van der Waals surface area contributed by atoms with Crippen LogP contribution in [0.2, 0.25) is 0 Å². The van der Waals surface area contributed by atoms with Gasteiger partial charge in [-0.1, -0.05) is 0 Å². The van der Waals surface area contributed by atoms with Gasteiger partial charge in [-0.3, -0.25) is 4.68 Å². The van der Waals surface area contributed by atoms with Crippen molar-refractivity contribution in [2.24, 2.45) is 7.05 Å². The molecular weight excluding hydrogens is 166 g/mol. The quantitative estimate of drug-likeness (QED) is 0.691. The molecule has 1 aliphatic rings. The van der Waals surface area contributed by atoms with E-state index in [9.17, 15) is 0 Å². The topological polar surface area (TPSA) is 50.1 Å². The van der Waals surface area contributed by atoms with Crippen LogP contribution in [0, 0.1) is 0 Å². The minimum absolute atomic E-state index is 0.0657. The molecule has 0 bridgehead atoms. The van der Waals surface area contributed by atoms with Crippen LogP contribution in [0.3, 0.4) is 0 Å². The van der Waals surface area contributed by atoms with Gasteiger partial charge < -0.3 is 10.4 Å². The van der Waals surface area contributed by atoms with Gasteiger partial charge in [0.25, 0.3) is 0 Å². The van der Waals surface area contributed by atoms with Gasteiger partial charge in [0.1, 0.15) is 0 Å². The Morgan fingerprint density at radius 1 is 1.77 bits per heavy atom. The van der Waals surface area contributed by atoms with E-state index in [1.807, 2.05) is 13.1 Å². The maximum Gasteiger partial charge on any atom is 0.0849 e. The lowest BCUT2D eigenvalue weighted by molar-refractivity contribution is 0.270. The molecule has 0 saturated carbocycles. The minimum Gasteiger partial charge on any atom is -0.390 e. The van der Waals surface area contributed by atoms with Crippen LogP contribution in [0.1, 0.15) is 30.3 Å². The number of nitrogens with one attached hydrogen (secondary N) is 1. The van der Waals surface area contributed by atoms with Gasteiger partial charge in [0, 0.05) is 7.05 Å². The minimum atomic E-state index is 0.0657. The van der Waals surface area contributed by atoms with Crippen molar-refractivity contribution in [1.82, 2.24) is 15.1 Å². The first-order valence-corrected chi connectivity index (χ1v) is 4.68. The Kier molecular flexibility index (Phi) is 2.33. The van der Waals surface area contributed by atoms with Crippen LogP contribution in [0.4, 0.5) is 0 Å². The van der Waals surface area contributed by atoms with E-state index in [4.69, 9.17) is 5.11 Å². The second-order valence-corrected chi connectivity index (χ2v) is 3.49. The first kappa shape index (κ1) is 8.72. The molecule has 0 radical (unpaired) electrons. The van der Waals surface area contributed by atoms with Crippen LogP contribution in [-0.4, -0.2) is 21.4 Å². The molecule has 1 unspecified atom stereocenters. The summed E-state index contributed by atoms with van der Waals surface area (Å²) in [5.41, 5.74) is 1.94. The van der Waals surface area contributed by atoms with E-state index in [1.54, 1.807) is 4.68 Å². The molecule has 1 fully saturated rings. The van der Waals surface area contributed by atoms with Gasteiger partial charge in [-0.2, -0.15) is 5.10 Å². The fourth-order valence-corrected chi connectivity index (χ4v) is 1.79. The molecule has 1 aromatic heterocycles. The van der Waals surface area contributed by atoms with E-state index in [0.717, 1.165) is 24.4 Å². The number of nitrogens with zero attached hydrogens (tertiary/aromatic N) is 2. The number of hydrogen-bond acceptors (Lipinski definition) is 3. The molecule has 4 heteroatoms. The maximum atomic E-state index is 8.99. The molecule has 72 valence electrons. The van der Waals surface area contributed by atoms with Crippen molar-refractivity contribution in [2.75, 3.05) is 6.54 Å². The summed E-state index contributed by atoms with van der Waals surface area (Å²) in [6.07, 6.45) is 2.37. The molecule has 2 heterocycles. The first-order chi connectivity index (χ1) is 6.31. The number of aromatic nitrogens is 2. The third-order valence-electron chi connectivity index (χ3n) is 2.57. The molecule has 0 amide bonds. The Labute approximate surface area is 77.6 Å². The summed E-state index contributed by atoms with van der Waals surface area (Å²) in [4.78, 5) is 0. The smallest absolute Gasteiger partial charge is 0.0849 e. The fourth-order valence-electron chi connectivity index (χ4n) is 1.79. The van der Waals surface area contributed by atoms with Gasteiger partial charge in [0.05, 0.1) is 24.0 Å². The molecule has 2 rings (SSSR count). The Hall–Kier alpha value is -0.870. The van der Waals surface area contributed by atoms with Crippen molar-refractivity contribution in [3.8, 4) is 0 Å². The lowest BCUT2D eigenvalue weighted by Gasteiger charge is -2.04. The van der Waals surface area contributed by atoms with Crippen LogP contribution < -0.4 is 5.32 Å². The highest BCUT2D eigenvalue weighted by Gasteiger charge is 2.19. The lowest BCUT2D eigenvalue weighted by Crippen LogP contribution is -2.13. The van der Waals surface area contributed by atoms with Crippen molar-refractivity contribution < 1.29 is 5.11 Å². The van der Waals surface area contributed by atoms with E-state index >= 15 is 0 Å². The lowest BCUT2D eigenvalue weighted by atomic mass is 10.1. The zero-order valence-electron chi connectivity index (χ0n) is 7.82. The number of aliphatic hydroxyl groups excluding tert-OH is 1. The summed E-state index contributed by atoms with van der Waals surface area (Å²) in [7, 11) is 1.87. The van der Waals surface area contributed by atoms with Crippen molar-refractivity contribution in [3.05, 3.63) is 17.5 Å².